The van der Waals surface area contributed by atoms with E-state index < -0.39 is 29.3 Å². The highest BCUT2D eigenvalue weighted by Crippen LogP contribution is 2.32. The van der Waals surface area contributed by atoms with E-state index in [4.69, 9.17) is 4.74 Å². The third kappa shape index (κ3) is 9.54. The minimum atomic E-state index is -0.874. The maximum absolute atomic E-state index is 13.8. The van der Waals surface area contributed by atoms with Crippen LogP contribution in [0.4, 0.5) is 4.79 Å². The molecule has 2 unspecified atom stereocenters. The van der Waals surface area contributed by atoms with Crippen LogP contribution in [0.1, 0.15) is 105 Å². The van der Waals surface area contributed by atoms with Crippen LogP contribution in [0, 0.1) is 0 Å². The largest absolute Gasteiger partial charge is 0.444 e. The van der Waals surface area contributed by atoms with Crippen LogP contribution in [0.25, 0.3) is 0 Å². The van der Waals surface area contributed by atoms with E-state index in [0.717, 1.165) is 36.8 Å². The lowest BCUT2D eigenvalue weighted by molar-refractivity contribution is -0.149. The number of unbranched alkanes of at least 4 members (excludes halogenated alkanes) is 2. The molecule has 0 heterocycles. The Labute approximate surface area is 212 Å². The molecule has 35 heavy (non-hydrogen) atoms. The van der Waals surface area contributed by atoms with E-state index in [1.54, 1.807) is 32.6 Å². The molecule has 7 heteroatoms. The fraction of sp³-hybridized carbons (Fsp3) is 0.679. The Morgan fingerprint density at radius 3 is 2.06 bits per heavy atom. The summed E-state index contributed by atoms with van der Waals surface area (Å²) in [6, 6.07) is 6.14. The van der Waals surface area contributed by atoms with Crippen LogP contribution in [0.5, 0.6) is 0 Å². The standard InChI is InChI=1S/C28H47N3O4/c1-10-13-14-19-29-24(32)23(22-17-15-21(11-2)16-18-22)31(28(8,9)12-3)25(33)20(4)30-26(34)35-27(5,6)7/h15-18,20,23H,10-14,19H2,1-9H3,(H,29,32)(H,30,34). The lowest BCUT2D eigenvalue weighted by atomic mass is 9.91. The van der Waals surface area contributed by atoms with Crippen LogP contribution in [-0.4, -0.2) is 46.5 Å². The molecule has 0 spiro atoms. The van der Waals surface area contributed by atoms with E-state index in [0.29, 0.717) is 13.0 Å². The van der Waals surface area contributed by atoms with Crippen LogP contribution in [0.3, 0.4) is 0 Å². The van der Waals surface area contributed by atoms with Crippen LogP contribution >= 0.6 is 0 Å². The van der Waals surface area contributed by atoms with Gasteiger partial charge >= 0.3 is 6.09 Å². The highest BCUT2D eigenvalue weighted by Gasteiger charge is 2.42. The van der Waals surface area contributed by atoms with E-state index in [9.17, 15) is 14.4 Å². The summed E-state index contributed by atoms with van der Waals surface area (Å²) in [5.41, 5.74) is 0.574. The molecule has 0 saturated carbocycles. The summed E-state index contributed by atoms with van der Waals surface area (Å²) >= 11 is 0. The topological polar surface area (TPSA) is 87.7 Å². The van der Waals surface area contributed by atoms with Gasteiger partial charge in [0.2, 0.25) is 11.8 Å². The Kier molecular flexibility index (Phi) is 11.7. The molecule has 0 aliphatic heterocycles. The second-order valence-electron chi connectivity index (χ2n) is 10.7. The first-order valence-electron chi connectivity index (χ1n) is 13.0. The van der Waals surface area contributed by atoms with E-state index in [1.165, 1.54) is 0 Å². The quantitative estimate of drug-likeness (QED) is 0.378. The van der Waals surface area contributed by atoms with Gasteiger partial charge < -0.3 is 20.3 Å². The first kappa shape index (κ1) is 30.5. The maximum Gasteiger partial charge on any atom is 0.408 e. The van der Waals surface area contributed by atoms with Crippen molar-refractivity contribution in [2.24, 2.45) is 0 Å². The molecule has 0 aromatic heterocycles. The van der Waals surface area contributed by atoms with Crippen molar-refractivity contribution < 1.29 is 19.1 Å². The summed E-state index contributed by atoms with van der Waals surface area (Å²) < 4.78 is 5.34. The maximum atomic E-state index is 13.8. The molecule has 1 aromatic rings. The molecule has 2 atom stereocenters. The fourth-order valence-electron chi connectivity index (χ4n) is 3.74. The van der Waals surface area contributed by atoms with Crippen molar-refractivity contribution in [3.8, 4) is 0 Å². The summed E-state index contributed by atoms with van der Waals surface area (Å²) in [5, 5.41) is 5.69. The highest BCUT2D eigenvalue weighted by atomic mass is 16.6. The summed E-state index contributed by atoms with van der Waals surface area (Å²) in [6.45, 7) is 17.6. The Hall–Kier alpha value is -2.57. The van der Waals surface area contributed by atoms with Crippen molar-refractivity contribution >= 4 is 17.9 Å². The Morgan fingerprint density at radius 1 is 0.971 bits per heavy atom. The van der Waals surface area contributed by atoms with Gasteiger partial charge in [-0.15, -0.1) is 0 Å². The molecule has 0 saturated heterocycles. The number of nitrogens with zero attached hydrogens (tertiary/aromatic N) is 1. The van der Waals surface area contributed by atoms with Gasteiger partial charge in [0.05, 0.1) is 0 Å². The first-order valence-corrected chi connectivity index (χ1v) is 13.0. The van der Waals surface area contributed by atoms with Crippen molar-refractivity contribution in [3.05, 3.63) is 35.4 Å². The Bertz CT molecular complexity index is 828. The minimum absolute atomic E-state index is 0.218. The van der Waals surface area contributed by atoms with Crippen molar-refractivity contribution in [2.75, 3.05) is 6.54 Å². The molecule has 3 amide bonds. The number of carbonyl (C=O) groups is 3. The SMILES string of the molecule is CCCCCNC(=O)C(c1ccc(CC)cc1)N(C(=O)C(C)NC(=O)OC(C)(C)C)C(C)(C)CC. The number of rotatable bonds is 12. The van der Waals surface area contributed by atoms with Gasteiger partial charge in [0.15, 0.2) is 0 Å². The second-order valence-corrected chi connectivity index (χ2v) is 10.7. The fourth-order valence-corrected chi connectivity index (χ4v) is 3.74. The normalized spacial score (nSPS) is 13.5. The van der Waals surface area contributed by atoms with Crippen LogP contribution in [0.2, 0.25) is 0 Å². The summed E-state index contributed by atoms with van der Waals surface area (Å²) in [4.78, 5) is 41.4. The molecule has 198 valence electrons. The van der Waals surface area contributed by atoms with Crippen molar-refractivity contribution in [1.82, 2.24) is 15.5 Å². The molecular weight excluding hydrogens is 442 g/mol. The lowest BCUT2D eigenvalue weighted by Gasteiger charge is -2.44. The van der Waals surface area contributed by atoms with Gasteiger partial charge in [-0.05, 0) is 71.9 Å². The predicted molar refractivity (Wildman–Crippen MR) is 141 cm³/mol. The van der Waals surface area contributed by atoms with E-state index in [1.807, 2.05) is 45.0 Å². The zero-order chi connectivity index (χ0) is 26.8. The van der Waals surface area contributed by atoms with Gasteiger partial charge in [-0.2, -0.15) is 0 Å². The molecule has 7 nitrogen and oxygen atoms in total. The van der Waals surface area contributed by atoms with Gasteiger partial charge in [-0.25, -0.2) is 4.79 Å². The zero-order valence-corrected chi connectivity index (χ0v) is 23.3. The molecule has 0 radical (unpaired) electrons. The number of aryl methyl sites for hydroxylation is 1. The number of ether oxygens (including phenoxy) is 1. The van der Waals surface area contributed by atoms with Crippen molar-refractivity contribution in [3.63, 3.8) is 0 Å². The molecule has 0 fully saturated rings. The number of alkyl carbamates (subject to hydrolysis) is 1. The number of nitrogens with one attached hydrogen (secondary N) is 2. The molecular formula is C28H47N3O4. The number of hydrogen-bond donors (Lipinski definition) is 2. The lowest BCUT2D eigenvalue weighted by Crippen LogP contribution is -2.58. The average molecular weight is 490 g/mol. The van der Waals surface area contributed by atoms with Gasteiger partial charge in [-0.3, -0.25) is 9.59 Å². The van der Waals surface area contributed by atoms with E-state index >= 15 is 0 Å². The minimum Gasteiger partial charge on any atom is -0.444 e. The molecule has 0 bridgehead atoms. The average Bonchev–Trinajstić information content (AvgIpc) is 2.78. The number of benzene rings is 1. The second kappa shape index (κ2) is 13.5. The molecule has 1 aromatic carbocycles. The predicted octanol–water partition coefficient (Wildman–Crippen LogP) is 5.53. The summed E-state index contributed by atoms with van der Waals surface area (Å²) in [7, 11) is 0. The van der Waals surface area contributed by atoms with Gasteiger partial charge in [-0.1, -0.05) is 57.9 Å². The highest BCUT2D eigenvalue weighted by molar-refractivity contribution is 5.92. The number of hydrogen-bond acceptors (Lipinski definition) is 4. The number of carbonyl (C=O) groups excluding carboxylic acids is 3. The van der Waals surface area contributed by atoms with Gasteiger partial charge in [0.1, 0.15) is 17.7 Å². The molecule has 0 aliphatic carbocycles. The smallest absolute Gasteiger partial charge is 0.408 e. The Balaban J connectivity index is 3.39. The van der Waals surface area contributed by atoms with E-state index in [2.05, 4.69) is 24.5 Å². The van der Waals surface area contributed by atoms with Crippen molar-refractivity contribution in [1.29, 1.82) is 0 Å². The monoisotopic (exact) mass is 489 g/mol. The van der Waals surface area contributed by atoms with E-state index in [-0.39, 0.29) is 11.8 Å². The molecule has 2 N–H and O–H groups in total. The third-order valence-corrected chi connectivity index (χ3v) is 6.15. The van der Waals surface area contributed by atoms with Crippen molar-refractivity contribution in [2.45, 2.75) is 118 Å². The Morgan fingerprint density at radius 2 is 1.57 bits per heavy atom. The zero-order valence-electron chi connectivity index (χ0n) is 23.3. The molecule has 1 rings (SSSR count). The third-order valence-electron chi connectivity index (χ3n) is 6.15. The van der Waals surface area contributed by atoms with Gasteiger partial charge in [0, 0.05) is 12.1 Å². The van der Waals surface area contributed by atoms with Crippen LogP contribution < -0.4 is 10.6 Å². The number of amides is 3. The summed E-state index contributed by atoms with van der Waals surface area (Å²) in [6.07, 6.45) is 3.81. The molecule has 0 aliphatic rings. The first-order chi connectivity index (χ1) is 16.3. The van der Waals surface area contributed by atoms with Crippen LogP contribution in [0.15, 0.2) is 24.3 Å². The van der Waals surface area contributed by atoms with Crippen LogP contribution in [-0.2, 0) is 20.7 Å². The summed E-state index contributed by atoms with van der Waals surface area (Å²) in [5.74, 6) is -0.555. The van der Waals surface area contributed by atoms with Gasteiger partial charge in [0.25, 0.3) is 0 Å².